The van der Waals surface area contributed by atoms with E-state index in [1.54, 1.807) is 0 Å². The maximum Gasteiger partial charge on any atom is 0.159 e. The fourth-order valence-electron chi connectivity index (χ4n) is 8.34. The van der Waals surface area contributed by atoms with Crippen molar-refractivity contribution < 1.29 is 4.42 Å². The van der Waals surface area contributed by atoms with Crippen molar-refractivity contribution in [3.63, 3.8) is 0 Å². The van der Waals surface area contributed by atoms with Gasteiger partial charge in [-0.25, -0.2) is 0 Å². The Kier molecular flexibility index (Phi) is 8.04. The normalized spacial score (nSPS) is 11.5. The van der Waals surface area contributed by atoms with Crippen LogP contribution in [0.25, 0.3) is 86.6 Å². The lowest BCUT2D eigenvalue weighted by atomic mass is 9.94. The molecule has 268 valence electrons. The van der Waals surface area contributed by atoms with E-state index < -0.39 is 0 Å². The molecule has 2 heterocycles. The number of nitrogens with zero attached hydrogens (tertiary/aromatic N) is 1. The van der Waals surface area contributed by atoms with E-state index in [1.165, 1.54) is 48.0 Å². The average molecular weight is 746 g/mol. The summed E-state index contributed by atoms with van der Waals surface area (Å²) in [5.41, 5.74) is 14.2. The molecule has 0 radical (unpaired) electrons. The fourth-order valence-corrected chi connectivity index (χ4v) is 9.48. The molecule has 11 aromatic rings. The van der Waals surface area contributed by atoms with Crippen LogP contribution >= 0.6 is 11.3 Å². The molecule has 0 unspecified atom stereocenters. The number of benzene rings is 9. The van der Waals surface area contributed by atoms with Gasteiger partial charge in [0, 0.05) is 42.3 Å². The van der Waals surface area contributed by atoms with Crippen LogP contribution in [0.2, 0.25) is 0 Å². The van der Waals surface area contributed by atoms with E-state index in [0.717, 1.165) is 55.7 Å². The van der Waals surface area contributed by atoms with E-state index in [1.807, 2.05) is 17.4 Å². The first-order chi connectivity index (χ1) is 28.2. The summed E-state index contributed by atoms with van der Waals surface area (Å²) in [5.74, 6) is 0. The summed E-state index contributed by atoms with van der Waals surface area (Å²) < 4.78 is 9.33. The van der Waals surface area contributed by atoms with Crippen LogP contribution in [0.3, 0.4) is 0 Å². The molecule has 9 aromatic carbocycles. The van der Waals surface area contributed by atoms with E-state index in [-0.39, 0.29) is 0 Å². The summed E-state index contributed by atoms with van der Waals surface area (Å²) in [4.78, 5) is 2.37. The maximum absolute atomic E-state index is 6.73. The SMILES string of the molecule is c1ccc(-c2cc(-c3ccc4c(c3)sc3ccccc34)cc(N(c3ccc(-c4ccccc4-c4ccccc4)cc3)c3cccc4c3oc3ccccc34)c2)cc1. The van der Waals surface area contributed by atoms with E-state index in [9.17, 15) is 0 Å². The number of hydrogen-bond acceptors (Lipinski definition) is 3. The Morgan fingerprint density at radius 3 is 1.68 bits per heavy atom. The molecule has 0 bridgehead atoms. The summed E-state index contributed by atoms with van der Waals surface area (Å²) in [5, 5.41) is 4.81. The molecular weight excluding hydrogens is 711 g/mol. The molecule has 0 saturated heterocycles. The highest BCUT2D eigenvalue weighted by Crippen LogP contribution is 2.46. The molecule has 57 heavy (non-hydrogen) atoms. The van der Waals surface area contributed by atoms with E-state index in [0.29, 0.717) is 0 Å². The zero-order valence-electron chi connectivity index (χ0n) is 31.0. The van der Waals surface area contributed by atoms with Gasteiger partial charge in [-0.05, 0) is 99.1 Å². The van der Waals surface area contributed by atoms with E-state index >= 15 is 0 Å². The highest BCUT2D eigenvalue weighted by Gasteiger charge is 2.21. The molecule has 0 amide bonds. The van der Waals surface area contributed by atoms with Gasteiger partial charge in [0.05, 0.1) is 5.69 Å². The van der Waals surface area contributed by atoms with Crippen LogP contribution in [0.15, 0.2) is 217 Å². The Balaban J connectivity index is 1.13. The average Bonchev–Trinajstić information content (AvgIpc) is 3.86. The van der Waals surface area contributed by atoms with Gasteiger partial charge in [-0.1, -0.05) is 158 Å². The maximum atomic E-state index is 6.73. The largest absolute Gasteiger partial charge is 0.454 e. The molecule has 0 aliphatic rings. The summed E-state index contributed by atoms with van der Waals surface area (Å²) >= 11 is 1.85. The number of thiophene rings is 1. The molecule has 11 rings (SSSR count). The first-order valence-corrected chi connectivity index (χ1v) is 20.1. The van der Waals surface area contributed by atoms with Crippen LogP contribution in [-0.4, -0.2) is 0 Å². The number of anilines is 3. The van der Waals surface area contributed by atoms with Gasteiger partial charge < -0.3 is 9.32 Å². The van der Waals surface area contributed by atoms with Gasteiger partial charge in [-0.2, -0.15) is 0 Å². The third-order valence-electron chi connectivity index (χ3n) is 11.1. The lowest BCUT2D eigenvalue weighted by molar-refractivity contribution is 0.669. The third kappa shape index (κ3) is 5.88. The highest BCUT2D eigenvalue weighted by atomic mass is 32.1. The first kappa shape index (κ1) is 33.2. The monoisotopic (exact) mass is 745 g/mol. The molecule has 0 aliphatic carbocycles. The zero-order valence-corrected chi connectivity index (χ0v) is 31.8. The third-order valence-corrected chi connectivity index (χ3v) is 12.2. The van der Waals surface area contributed by atoms with Crippen LogP contribution < -0.4 is 4.90 Å². The molecular formula is C54H35NOS. The van der Waals surface area contributed by atoms with Crippen LogP contribution in [0.4, 0.5) is 17.1 Å². The van der Waals surface area contributed by atoms with Gasteiger partial charge >= 0.3 is 0 Å². The van der Waals surface area contributed by atoms with Gasteiger partial charge in [-0.15, -0.1) is 11.3 Å². The van der Waals surface area contributed by atoms with Crippen LogP contribution in [-0.2, 0) is 0 Å². The molecule has 0 atom stereocenters. The van der Waals surface area contributed by atoms with E-state index in [4.69, 9.17) is 4.42 Å². The summed E-state index contributed by atoms with van der Waals surface area (Å²) in [6.45, 7) is 0. The molecule has 0 aliphatic heterocycles. The first-order valence-electron chi connectivity index (χ1n) is 19.3. The molecule has 2 aromatic heterocycles. The number of para-hydroxylation sites is 2. The minimum absolute atomic E-state index is 0.857. The Morgan fingerprint density at radius 2 is 0.912 bits per heavy atom. The predicted octanol–water partition coefficient (Wildman–Crippen LogP) is 16.1. The Labute approximate surface area is 335 Å². The predicted molar refractivity (Wildman–Crippen MR) is 243 cm³/mol. The lowest BCUT2D eigenvalue weighted by Gasteiger charge is -2.27. The topological polar surface area (TPSA) is 16.4 Å². The summed E-state index contributed by atoms with van der Waals surface area (Å²) in [6, 6.07) is 76.4. The molecule has 3 heteroatoms. The van der Waals surface area contributed by atoms with Crippen molar-refractivity contribution in [2.45, 2.75) is 0 Å². The van der Waals surface area contributed by atoms with Gasteiger partial charge in [-0.3, -0.25) is 0 Å². The van der Waals surface area contributed by atoms with Gasteiger partial charge in [0.1, 0.15) is 5.58 Å². The quantitative estimate of drug-likeness (QED) is 0.162. The number of rotatable bonds is 7. The van der Waals surface area contributed by atoms with Crippen molar-refractivity contribution in [3.8, 4) is 44.5 Å². The molecule has 0 fully saturated rings. The minimum Gasteiger partial charge on any atom is -0.454 e. The molecule has 0 N–H and O–H groups in total. The van der Waals surface area contributed by atoms with Crippen molar-refractivity contribution in [3.05, 3.63) is 212 Å². The Hall–Kier alpha value is -7.20. The number of fused-ring (bicyclic) bond motifs is 6. The second kappa shape index (κ2) is 13.8. The Bertz CT molecular complexity index is 3230. The molecule has 2 nitrogen and oxygen atoms in total. The van der Waals surface area contributed by atoms with Crippen molar-refractivity contribution in [2.75, 3.05) is 4.90 Å². The lowest BCUT2D eigenvalue weighted by Crippen LogP contribution is -2.10. The van der Waals surface area contributed by atoms with Gasteiger partial charge in [0.2, 0.25) is 0 Å². The smallest absolute Gasteiger partial charge is 0.159 e. The van der Waals surface area contributed by atoms with Crippen molar-refractivity contribution >= 4 is 70.5 Å². The zero-order chi connectivity index (χ0) is 37.7. The standard InChI is InChI=1S/C54H35NOS/c1-3-14-36(15-4-1)40-32-41(39-28-31-48-47-21-10-12-25-52(47)57-53(48)35-39)34-43(33-40)55(50-23-13-22-49-46-20-9-11-24-51(46)56-54(49)50)42-29-26-38(27-30-42)45-19-8-7-18-44(45)37-16-5-2-6-17-37/h1-35H. The van der Waals surface area contributed by atoms with Crippen molar-refractivity contribution in [2.24, 2.45) is 0 Å². The summed E-state index contributed by atoms with van der Waals surface area (Å²) in [7, 11) is 0. The number of hydrogen-bond donors (Lipinski definition) is 0. The second-order valence-electron chi connectivity index (χ2n) is 14.5. The Morgan fingerprint density at radius 1 is 0.333 bits per heavy atom. The summed E-state index contributed by atoms with van der Waals surface area (Å²) in [6.07, 6.45) is 0. The van der Waals surface area contributed by atoms with Crippen LogP contribution in [0.5, 0.6) is 0 Å². The highest BCUT2D eigenvalue weighted by molar-refractivity contribution is 7.25. The van der Waals surface area contributed by atoms with Crippen molar-refractivity contribution in [1.29, 1.82) is 0 Å². The van der Waals surface area contributed by atoms with Crippen LogP contribution in [0.1, 0.15) is 0 Å². The molecule has 0 saturated carbocycles. The van der Waals surface area contributed by atoms with Gasteiger partial charge in [0.15, 0.2) is 5.58 Å². The fraction of sp³-hybridized carbons (Fsp3) is 0. The van der Waals surface area contributed by atoms with Gasteiger partial charge in [0.25, 0.3) is 0 Å². The second-order valence-corrected chi connectivity index (χ2v) is 15.6. The van der Waals surface area contributed by atoms with E-state index in [2.05, 4.69) is 211 Å². The minimum atomic E-state index is 0.857. The van der Waals surface area contributed by atoms with Crippen LogP contribution in [0, 0.1) is 0 Å². The molecule has 0 spiro atoms. The van der Waals surface area contributed by atoms with Crippen molar-refractivity contribution in [1.82, 2.24) is 0 Å². The number of furan rings is 1.